The molecule has 0 saturated heterocycles. The largest absolute Gasteiger partial charge is 0.438 e. The van der Waals surface area contributed by atoms with E-state index < -0.39 is 0 Å². The van der Waals surface area contributed by atoms with E-state index in [-0.39, 0.29) is 0 Å². The molecule has 0 unspecified atom stereocenters. The lowest BCUT2D eigenvalue weighted by Crippen LogP contribution is -1.93. The SMILES string of the molecule is Cc1ccc(Oc2ccn3nccc3n2)c(Br)c1. The van der Waals surface area contributed by atoms with Crippen molar-refractivity contribution < 1.29 is 4.74 Å². The quantitative estimate of drug-likeness (QED) is 0.726. The molecular formula is C13H10BrN3O. The molecule has 2 aromatic heterocycles. The Morgan fingerprint density at radius 2 is 2.11 bits per heavy atom. The number of ether oxygens (including phenoxy) is 1. The van der Waals surface area contributed by atoms with E-state index in [9.17, 15) is 0 Å². The van der Waals surface area contributed by atoms with Gasteiger partial charge in [-0.1, -0.05) is 6.07 Å². The standard InChI is InChI=1S/C13H10BrN3O/c1-9-2-3-11(10(14)8-9)18-13-5-7-17-12(16-13)4-6-15-17/h2-8H,1H3. The number of benzene rings is 1. The van der Waals surface area contributed by atoms with E-state index in [0.717, 1.165) is 15.9 Å². The molecule has 4 nitrogen and oxygen atoms in total. The maximum absolute atomic E-state index is 5.74. The summed E-state index contributed by atoms with van der Waals surface area (Å²) in [5, 5.41) is 4.09. The van der Waals surface area contributed by atoms with Gasteiger partial charge in [0, 0.05) is 18.3 Å². The molecule has 0 fully saturated rings. The number of halogens is 1. The lowest BCUT2D eigenvalue weighted by Gasteiger charge is -2.07. The van der Waals surface area contributed by atoms with Crippen LogP contribution in [0, 0.1) is 6.92 Å². The van der Waals surface area contributed by atoms with Crippen LogP contribution in [0.3, 0.4) is 0 Å². The second-order valence-electron chi connectivity index (χ2n) is 3.94. The van der Waals surface area contributed by atoms with Gasteiger partial charge in [-0.3, -0.25) is 0 Å². The highest BCUT2D eigenvalue weighted by Crippen LogP contribution is 2.29. The third-order valence-electron chi connectivity index (χ3n) is 2.53. The van der Waals surface area contributed by atoms with Gasteiger partial charge in [0.2, 0.25) is 5.88 Å². The van der Waals surface area contributed by atoms with E-state index in [0.29, 0.717) is 5.88 Å². The lowest BCUT2D eigenvalue weighted by molar-refractivity contribution is 0.460. The summed E-state index contributed by atoms with van der Waals surface area (Å²) in [4.78, 5) is 4.35. The zero-order valence-corrected chi connectivity index (χ0v) is 11.3. The highest BCUT2D eigenvalue weighted by Gasteiger charge is 2.05. The minimum atomic E-state index is 0.549. The molecule has 0 spiro atoms. The molecule has 90 valence electrons. The summed E-state index contributed by atoms with van der Waals surface area (Å²) in [6, 6.07) is 9.54. The van der Waals surface area contributed by atoms with Gasteiger partial charge in [-0.2, -0.15) is 10.1 Å². The van der Waals surface area contributed by atoms with Crippen LogP contribution in [0.2, 0.25) is 0 Å². The van der Waals surface area contributed by atoms with Crippen LogP contribution < -0.4 is 4.74 Å². The van der Waals surface area contributed by atoms with Crippen molar-refractivity contribution in [3.05, 3.63) is 52.8 Å². The fourth-order valence-electron chi connectivity index (χ4n) is 1.65. The molecule has 0 aliphatic heterocycles. The van der Waals surface area contributed by atoms with Crippen molar-refractivity contribution in [2.75, 3.05) is 0 Å². The Hall–Kier alpha value is -1.88. The fraction of sp³-hybridized carbons (Fsp3) is 0.0769. The first-order valence-electron chi connectivity index (χ1n) is 5.47. The van der Waals surface area contributed by atoms with Crippen molar-refractivity contribution >= 4 is 21.6 Å². The number of fused-ring (bicyclic) bond motifs is 1. The molecule has 0 atom stereocenters. The Balaban J connectivity index is 1.95. The summed E-state index contributed by atoms with van der Waals surface area (Å²) >= 11 is 3.48. The highest BCUT2D eigenvalue weighted by molar-refractivity contribution is 9.10. The highest BCUT2D eigenvalue weighted by atomic mass is 79.9. The number of aromatic nitrogens is 3. The average Bonchev–Trinajstić information content (AvgIpc) is 2.80. The van der Waals surface area contributed by atoms with E-state index >= 15 is 0 Å². The van der Waals surface area contributed by atoms with Gasteiger partial charge >= 0.3 is 0 Å². The smallest absolute Gasteiger partial charge is 0.222 e. The average molecular weight is 304 g/mol. The van der Waals surface area contributed by atoms with Crippen LogP contribution in [0.25, 0.3) is 5.65 Å². The van der Waals surface area contributed by atoms with Gasteiger partial charge in [0.15, 0.2) is 5.65 Å². The van der Waals surface area contributed by atoms with Gasteiger partial charge in [-0.15, -0.1) is 0 Å². The van der Waals surface area contributed by atoms with Crippen molar-refractivity contribution in [2.24, 2.45) is 0 Å². The topological polar surface area (TPSA) is 39.4 Å². The van der Waals surface area contributed by atoms with E-state index in [1.807, 2.05) is 37.4 Å². The van der Waals surface area contributed by atoms with E-state index in [4.69, 9.17) is 4.74 Å². The van der Waals surface area contributed by atoms with Crippen LogP contribution >= 0.6 is 15.9 Å². The molecule has 0 aliphatic carbocycles. The molecule has 0 radical (unpaired) electrons. The number of aryl methyl sites for hydroxylation is 1. The zero-order valence-electron chi connectivity index (χ0n) is 9.67. The van der Waals surface area contributed by atoms with Crippen LogP contribution in [0.4, 0.5) is 0 Å². The molecule has 0 aliphatic rings. The van der Waals surface area contributed by atoms with E-state index in [1.165, 1.54) is 5.56 Å². The molecule has 0 amide bonds. The molecule has 3 aromatic rings. The van der Waals surface area contributed by atoms with Crippen LogP contribution in [-0.4, -0.2) is 14.6 Å². The number of hydrogen-bond donors (Lipinski definition) is 0. The summed E-state index contributed by atoms with van der Waals surface area (Å²) in [6.45, 7) is 2.03. The van der Waals surface area contributed by atoms with Gasteiger partial charge in [-0.25, -0.2) is 4.52 Å². The first-order valence-corrected chi connectivity index (χ1v) is 6.26. The molecule has 0 bridgehead atoms. The van der Waals surface area contributed by atoms with Crippen molar-refractivity contribution in [3.63, 3.8) is 0 Å². The minimum Gasteiger partial charge on any atom is -0.438 e. The Bertz CT molecular complexity index is 708. The van der Waals surface area contributed by atoms with Gasteiger partial charge in [-0.05, 0) is 40.5 Å². The normalized spacial score (nSPS) is 10.8. The monoisotopic (exact) mass is 303 g/mol. The minimum absolute atomic E-state index is 0.549. The van der Waals surface area contributed by atoms with Gasteiger partial charge < -0.3 is 4.74 Å². The molecule has 1 aromatic carbocycles. The fourth-order valence-corrected chi connectivity index (χ4v) is 2.23. The lowest BCUT2D eigenvalue weighted by atomic mass is 10.2. The predicted molar refractivity (Wildman–Crippen MR) is 71.9 cm³/mol. The number of nitrogens with zero attached hydrogens (tertiary/aromatic N) is 3. The van der Waals surface area contributed by atoms with Crippen molar-refractivity contribution in [1.29, 1.82) is 0 Å². The number of rotatable bonds is 2. The van der Waals surface area contributed by atoms with Crippen molar-refractivity contribution in [1.82, 2.24) is 14.6 Å². The van der Waals surface area contributed by atoms with Gasteiger partial charge in [0.1, 0.15) is 5.75 Å². The Labute approximate surface area is 112 Å². The number of hydrogen-bond acceptors (Lipinski definition) is 3. The molecule has 0 saturated carbocycles. The maximum Gasteiger partial charge on any atom is 0.222 e. The second-order valence-corrected chi connectivity index (χ2v) is 4.79. The Kier molecular flexibility index (Phi) is 2.76. The van der Waals surface area contributed by atoms with E-state index in [1.54, 1.807) is 16.8 Å². The van der Waals surface area contributed by atoms with Crippen LogP contribution in [0.15, 0.2) is 47.2 Å². The first kappa shape index (κ1) is 11.2. The Morgan fingerprint density at radius 1 is 1.22 bits per heavy atom. The third-order valence-corrected chi connectivity index (χ3v) is 3.15. The first-order chi connectivity index (χ1) is 8.72. The van der Waals surface area contributed by atoms with Crippen molar-refractivity contribution in [2.45, 2.75) is 6.92 Å². The van der Waals surface area contributed by atoms with E-state index in [2.05, 4.69) is 26.0 Å². The van der Waals surface area contributed by atoms with Gasteiger partial charge in [0.05, 0.1) is 10.7 Å². The summed E-state index contributed by atoms with van der Waals surface area (Å²) in [6.07, 6.45) is 3.52. The summed E-state index contributed by atoms with van der Waals surface area (Å²) < 4.78 is 8.35. The summed E-state index contributed by atoms with van der Waals surface area (Å²) in [5.41, 5.74) is 1.93. The van der Waals surface area contributed by atoms with Crippen LogP contribution in [0.1, 0.15) is 5.56 Å². The second kappa shape index (κ2) is 4.42. The van der Waals surface area contributed by atoms with Crippen LogP contribution in [0.5, 0.6) is 11.6 Å². The molecule has 5 heteroatoms. The Morgan fingerprint density at radius 3 is 2.94 bits per heavy atom. The molecule has 3 rings (SSSR count). The van der Waals surface area contributed by atoms with Crippen LogP contribution in [-0.2, 0) is 0 Å². The van der Waals surface area contributed by atoms with Gasteiger partial charge in [0.25, 0.3) is 0 Å². The summed E-state index contributed by atoms with van der Waals surface area (Å²) in [7, 11) is 0. The maximum atomic E-state index is 5.74. The molecule has 2 heterocycles. The molecule has 0 N–H and O–H groups in total. The third kappa shape index (κ3) is 2.09. The predicted octanol–water partition coefficient (Wildman–Crippen LogP) is 3.59. The molecule has 18 heavy (non-hydrogen) atoms. The summed E-state index contributed by atoms with van der Waals surface area (Å²) in [5.74, 6) is 1.30. The zero-order chi connectivity index (χ0) is 12.5. The molecular weight excluding hydrogens is 294 g/mol. The van der Waals surface area contributed by atoms with Crippen molar-refractivity contribution in [3.8, 4) is 11.6 Å².